The van der Waals surface area contributed by atoms with Gasteiger partial charge in [0.2, 0.25) is 5.91 Å². The number of fused-ring (bicyclic) bond motifs is 1. The Balaban J connectivity index is 1.98. The lowest BCUT2D eigenvalue weighted by Crippen LogP contribution is -2.41. The third kappa shape index (κ3) is 3.52. The van der Waals surface area contributed by atoms with Gasteiger partial charge in [-0.3, -0.25) is 4.79 Å². The van der Waals surface area contributed by atoms with Crippen LogP contribution in [0.3, 0.4) is 0 Å². The number of methoxy groups -OCH3 is 1. The van der Waals surface area contributed by atoms with Gasteiger partial charge in [0.15, 0.2) is 0 Å². The lowest BCUT2D eigenvalue weighted by atomic mass is 10.2. The molecule has 2 rings (SSSR count). The molecule has 1 unspecified atom stereocenters. The number of aliphatic hydroxyl groups excluding tert-OH is 1. The van der Waals surface area contributed by atoms with Gasteiger partial charge in [0.25, 0.3) is 0 Å². The van der Waals surface area contributed by atoms with Crippen molar-refractivity contribution in [3.63, 3.8) is 0 Å². The van der Waals surface area contributed by atoms with Crippen LogP contribution in [0.4, 0.5) is 0 Å². The summed E-state index contributed by atoms with van der Waals surface area (Å²) in [5, 5.41) is 11.8. The second-order valence-electron chi connectivity index (χ2n) is 4.28. The van der Waals surface area contributed by atoms with Crippen LogP contribution in [0.15, 0.2) is 30.6 Å². The standard InChI is InChI=1S/C13H17N3O3/c1-19-9-11(8-17)15-13(18)6-10-7-16-5-3-2-4-12(16)14-10/h2-5,7,11,17H,6,8-9H2,1H3,(H,15,18). The molecule has 6 heteroatoms. The fourth-order valence-electron chi connectivity index (χ4n) is 1.86. The highest BCUT2D eigenvalue weighted by Crippen LogP contribution is 2.05. The normalized spacial score (nSPS) is 12.5. The number of hydrogen-bond donors (Lipinski definition) is 2. The molecule has 0 aliphatic carbocycles. The van der Waals surface area contributed by atoms with Crippen LogP contribution in [-0.2, 0) is 16.0 Å². The van der Waals surface area contributed by atoms with Gasteiger partial charge in [-0.1, -0.05) is 6.07 Å². The molecule has 0 fully saturated rings. The van der Waals surface area contributed by atoms with Crippen molar-refractivity contribution in [3.05, 3.63) is 36.3 Å². The Kier molecular flexibility index (Phi) is 4.48. The van der Waals surface area contributed by atoms with Crippen molar-refractivity contribution in [1.29, 1.82) is 0 Å². The van der Waals surface area contributed by atoms with E-state index in [0.29, 0.717) is 5.69 Å². The molecule has 6 nitrogen and oxygen atoms in total. The van der Waals surface area contributed by atoms with Crippen molar-refractivity contribution in [2.24, 2.45) is 0 Å². The Labute approximate surface area is 111 Å². The minimum absolute atomic E-state index is 0.148. The number of carbonyl (C=O) groups is 1. The van der Waals surface area contributed by atoms with Crippen molar-refractivity contribution >= 4 is 11.6 Å². The highest BCUT2D eigenvalue weighted by molar-refractivity contribution is 5.78. The highest BCUT2D eigenvalue weighted by atomic mass is 16.5. The van der Waals surface area contributed by atoms with Gasteiger partial charge in [0, 0.05) is 19.5 Å². The Morgan fingerprint density at radius 2 is 2.42 bits per heavy atom. The van der Waals surface area contributed by atoms with E-state index >= 15 is 0 Å². The maximum Gasteiger partial charge on any atom is 0.226 e. The highest BCUT2D eigenvalue weighted by Gasteiger charge is 2.13. The minimum Gasteiger partial charge on any atom is -0.394 e. The zero-order valence-electron chi connectivity index (χ0n) is 10.7. The van der Waals surface area contributed by atoms with Crippen LogP contribution in [0, 0.1) is 0 Å². The number of aromatic nitrogens is 2. The number of imidazole rings is 1. The van der Waals surface area contributed by atoms with Crippen LogP contribution in [0.2, 0.25) is 0 Å². The molecule has 2 heterocycles. The molecule has 0 aromatic carbocycles. The van der Waals surface area contributed by atoms with Crippen molar-refractivity contribution < 1.29 is 14.6 Å². The second kappa shape index (κ2) is 6.31. The van der Waals surface area contributed by atoms with E-state index in [9.17, 15) is 4.79 Å². The second-order valence-corrected chi connectivity index (χ2v) is 4.28. The summed E-state index contributed by atoms with van der Waals surface area (Å²) in [6.07, 6.45) is 3.88. The molecule has 1 amide bonds. The summed E-state index contributed by atoms with van der Waals surface area (Å²) in [6, 6.07) is 5.29. The number of aliphatic hydroxyl groups is 1. The van der Waals surface area contributed by atoms with Gasteiger partial charge >= 0.3 is 0 Å². The molecule has 0 spiro atoms. The monoisotopic (exact) mass is 263 g/mol. The number of hydrogen-bond acceptors (Lipinski definition) is 4. The van der Waals surface area contributed by atoms with Crippen LogP contribution >= 0.6 is 0 Å². The quantitative estimate of drug-likeness (QED) is 0.769. The van der Waals surface area contributed by atoms with Crippen LogP contribution in [0.25, 0.3) is 5.65 Å². The third-order valence-corrected chi connectivity index (χ3v) is 2.71. The molecule has 2 N–H and O–H groups in total. The summed E-state index contributed by atoms with van der Waals surface area (Å²) in [4.78, 5) is 16.1. The van der Waals surface area contributed by atoms with Gasteiger partial charge in [-0.2, -0.15) is 0 Å². The summed E-state index contributed by atoms with van der Waals surface area (Å²) < 4.78 is 6.76. The van der Waals surface area contributed by atoms with Crippen molar-refractivity contribution in [2.45, 2.75) is 12.5 Å². The average molecular weight is 263 g/mol. The van der Waals surface area contributed by atoms with E-state index in [0.717, 1.165) is 5.65 Å². The predicted octanol–water partition coefficient (Wildman–Crippen LogP) is 0.000300. The Morgan fingerprint density at radius 3 is 3.11 bits per heavy atom. The van der Waals surface area contributed by atoms with E-state index < -0.39 is 0 Å². The fraction of sp³-hybridized carbons (Fsp3) is 0.385. The van der Waals surface area contributed by atoms with E-state index in [1.807, 2.05) is 35.0 Å². The number of nitrogens with one attached hydrogen (secondary N) is 1. The lowest BCUT2D eigenvalue weighted by Gasteiger charge is -2.14. The Bertz CT molecular complexity index is 520. The van der Waals surface area contributed by atoms with Gasteiger partial charge < -0.3 is 19.6 Å². The smallest absolute Gasteiger partial charge is 0.226 e. The molecule has 2 aromatic rings. The van der Waals surface area contributed by atoms with Gasteiger partial charge in [-0.15, -0.1) is 0 Å². The van der Waals surface area contributed by atoms with Gasteiger partial charge in [0.1, 0.15) is 5.65 Å². The van der Waals surface area contributed by atoms with Crippen LogP contribution in [-0.4, -0.2) is 46.8 Å². The summed E-state index contributed by atoms with van der Waals surface area (Å²) in [7, 11) is 1.52. The number of ether oxygens (including phenoxy) is 1. The summed E-state index contributed by atoms with van der Waals surface area (Å²) >= 11 is 0. The first kappa shape index (κ1) is 13.5. The van der Waals surface area contributed by atoms with Crippen molar-refractivity contribution in [3.8, 4) is 0 Å². The SMILES string of the molecule is COCC(CO)NC(=O)Cc1cn2ccccc2n1. The Morgan fingerprint density at radius 1 is 1.58 bits per heavy atom. The maximum atomic E-state index is 11.8. The van der Waals surface area contributed by atoms with Crippen molar-refractivity contribution in [2.75, 3.05) is 20.3 Å². The van der Waals surface area contributed by atoms with E-state index in [4.69, 9.17) is 9.84 Å². The average Bonchev–Trinajstić information content (AvgIpc) is 2.80. The van der Waals surface area contributed by atoms with Gasteiger partial charge in [0.05, 0.1) is 31.4 Å². The predicted molar refractivity (Wildman–Crippen MR) is 69.8 cm³/mol. The summed E-state index contributed by atoms with van der Waals surface area (Å²) in [5.74, 6) is -0.181. The molecule has 0 aliphatic rings. The topological polar surface area (TPSA) is 75.9 Å². The number of carbonyl (C=O) groups excluding carboxylic acids is 1. The molecular weight excluding hydrogens is 246 g/mol. The van der Waals surface area contributed by atoms with E-state index in [1.165, 1.54) is 7.11 Å². The lowest BCUT2D eigenvalue weighted by molar-refractivity contribution is -0.121. The van der Waals surface area contributed by atoms with E-state index in [1.54, 1.807) is 0 Å². The molecule has 0 bridgehead atoms. The largest absolute Gasteiger partial charge is 0.394 e. The summed E-state index contributed by atoms with van der Waals surface area (Å²) in [6.45, 7) is 0.137. The third-order valence-electron chi connectivity index (χ3n) is 2.71. The zero-order chi connectivity index (χ0) is 13.7. The number of amides is 1. The summed E-state index contributed by atoms with van der Waals surface area (Å²) in [5.41, 5.74) is 1.50. The molecule has 2 aromatic heterocycles. The Hall–Kier alpha value is -1.92. The fourth-order valence-corrected chi connectivity index (χ4v) is 1.86. The van der Waals surface area contributed by atoms with Crippen LogP contribution < -0.4 is 5.32 Å². The van der Waals surface area contributed by atoms with Crippen LogP contribution in [0.5, 0.6) is 0 Å². The van der Waals surface area contributed by atoms with Crippen LogP contribution in [0.1, 0.15) is 5.69 Å². The van der Waals surface area contributed by atoms with E-state index in [2.05, 4.69) is 10.3 Å². The zero-order valence-corrected chi connectivity index (χ0v) is 10.7. The molecule has 102 valence electrons. The maximum absolute atomic E-state index is 11.8. The minimum atomic E-state index is -0.380. The van der Waals surface area contributed by atoms with E-state index in [-0.39, 0.29) is 31.6 Å². The first-order valence-electron chi connectivity index (χ1n) is 6.04. The van der Waals surface area contributed by atoms with Crippen molar-refractivity contribution in [1.82, 2.24) is 14.7 Å². The number of rotatable bonds is 6. The molecule has 0 saturated heterocycles. The first-order valence-corrected chi connectivity index (χ1v) is 6.04. The molecule has 0 radical (unpaired) electrons. The molecular formula is C13H17N3O3. The number of nitrogens with zero attached hydrogens (tertiary/aromatic N) is 2. The molecule has 0 aliphatic heterocycles. The van der Waals surface area contributed by atoms with Gasteiger partial charge in [-0.25, -0.2) is 4.98 Å². The van der Waals surface area contributed by atoms with Gasteiger partial charge in [-0.05, 0) is 12.1 Å². The number of pyridine rings is 1. The first-order chi connectivity index (χ1) is 9.22. The molecule has 0 saturated carbocycles. The molecule has 19 heavy (non-hydrogen) atoms. The molecule has 1 atom stereocenters.